The molecule has 0 aromatic rings. The smallest absolute Gasteiger partial charge is 0.451 e. The standard InChI is InChI=1S/C39H73O8P.C2H7NO/c1-3-5-7-9-11-13-15-17-19-21-23-25-27-29-31-33-36(40)39(37(41)35-46-48(43,44)45)47-38(42)34-32-30-28-26-24-22-20-18-16-14-12-10-8-6-4-2;3-1-2-4/h17-20,37,39,41H,3-16,21-35H2,1-2H3,(H2,43,44,45);4H,1-3H2/b19-17+,20-18+;. The second-order valence-electron chi connectivity index (χ2n) is 13.9. The lowest BCUT2D eigenvalue weighted by molar-refractivity contribution is -0.163. The number of rotatable bonds is 37. The topological polar surface area (TPSA) is 177 Å². The molecule has 0 bridgehead atoms. The molecule has 0 amide bonds. The van der Waals surface area contributed by atoms with Crippen LogP contribution in [0.25, 0.3) is 0 Å². The Labute approximate surface area is 318 Å². The molecular weight excluding hydrogens is 681 g/mol. The van der Waals surface area contributed by atoms with Crippen LogP contribution in [0.4, 0.5) is 0 Å². The quantitative estimate of drug-likeness (QED) is 0.0177. The molecule has 0 aliphatic carbocycles. The van der Waals surface area contributed by atoms with Crippen molar-refractivity contribution in [2.45, 2.75) is 206 Å². The molecule has 0 spiro atoms. The Balaban J connectivity index is 0. The maximum absolute atomic E-state index is 12.9. The summed E-state index contributed by atoms with van der Waals surface area (Å²) >= 11 is 0. The van der Waals surface area contributed by atoms with Gasteiger partial charge in [0.05, 0.1) is 13.2 Å². The molecule has 0 saturated carbocycles. The highest BCUT2D eigenvalue weighted by molar-refractivity contribution is 7.46. The Kier molecular flexibility index (Phi) is 41.3. The number of nitrogens with two attached hydrogens (primary N) is 1. The van der Waals surface area contributed by atoms with E-state index in [0.717, 1.165) is 77.0 Å². The number of phosphoric acid groups is 1. The Bertz CT molecular complexity index is 891. The molecule has 0 saturated heterocycles. The third-order valence-electron chi connectivity index (χ3n) is 8.80. The molecule has 10 nitrogen and oxygen atoms in total. The maximum Gasteiger partial charge on any atom is 0.469 e. The zero-order valence-electron chi connectivity index (χ0n) is 33.2. The van der Waals surface area contributed by atoms with Crippen molar-refractivity contribution in [3.63, 3.8) is 0 Å². The highest BCUT2D eigenvalue weighted by Crippen LogP contribution is 2.36. The summed E-state index contributed by atoms with van der Waals surface area (Å²) in [4.78, 5) is 43.4. The number of hydrogen-bond acceptors (Lipinski definition) is 8. The molecule has 11 heteroatoms. The van der Waals surface area contributed by atoms with Crippen molar-refractivity contribution in [2.24, 2.45) is 5.73 Å². The van der Waals surface area contributed by atoms with Gasteiger partial charge in [-0.25, -0.2) is 4.57 Å². The number of phosphoric ester groups is 1. The van der Waals surface area contributed by atoms with Crippen LogP contribution in [0.15, 0.2) is 24.3 Å². The first kappa shape index (κ1) is 52.7. The van der Waals surface area contributed by atoms with Crippen LogP contribution in [-0.2, 0) is 23.4 Å². The zero-order chi connectivity index (χ0) is 39.0. The SMILES string of the molecule is CCCCCCCC/C=C/CCCCCCCC(=O)OC(C(=O)CCCCCCC/C=C/CCCCCCCC)C(O)COP(=O)(O)O.NCCO. The fourth-order valence-corrected chi connectivity index (χ4v) is 6.02. The Morgan fingerprint density at radius 1 is 0.615 bits per heavy atom. The number of ether oxygens (including phenoxy) is 1. The number of aliphatic hydroxyl groups excluding tert-OH is 2. The number of aliphatic hydroxyl groups is 2. The summed E-state index contributed by atoms with van der Waals surface area (Å²) in [5, 5.41) is 18.2. The van der Waals surface area contributed by atoms with E-state index in [1.807, 2.05) is 0 Å². The van der Waals surface area contributed by atoms with Gasteiger partial charge >= 0.3 is 13.8 Å². The molecular formula is C41H80NO9P. The summed E-state index contributed by atoms with van der Waals surface area (Å²) in [6, 6.07) is 0. The van der Waals surface area contributed by atoms with Gasteiger partial charge in [-0.15, -0.1) is 0 Å². The number of Topliss-reactive ketones (excluding diaryl/α,β-unsaturated/α-hetero) is 1. The predicted octanol–water partition coefficient (Wildman–Crippen LogP) is 9.95. The molecule has 0 rings (SSSR count). The van der Waals surface area contributed by atoms with E-state index in [2.05, 4.69) is 42.7 Å². The molecule has 2 atom stereocenters. The van der Waals surface area contributed by atoms with Crippen molar-refractivity contribution < 1.29 is 43.4 Å². The molecule has 2 unspecified atom stereocenters. The highest BCUT2D eigenvalue weighted by Gasteiger charge is 2.32. The average molecular weight is 762 g/mol. The van der Waals surface area contributed by atoms with E-state index in [4.69, 9.17) is 25.4 Å². The van der Waals surface area contributed by atoms with Crippen LogP contribution in [0, 0.1) is 0 Å². The lowest BCUT2D eigenvalue weighted by Gasteiger charge is -2.22. The third-order valence-corrected chi connectivity index (χ3v) is 9.28. The van der Waals surface area contributed by atoms with Gasteiger partial charge in [-0.3, -0.25) is 14.1 Å². The number of carbonyl (C=O) groups excluding carboxylic acids is 2. The van der Waals surface area contributed by atoms with Crippen LogP contribution in [0.5, 0.6) is 0 Å². The van der Waals surface area contributed by atoms with Crippen LogP contribution < -0.4 is 5.73 Å². The number of hydrogen-bond donors (Lipinski definition) is 5. The first-order valence-corrected chi connectivity index (χ1v) is 22.4. The highest BCUT2D eigenvalue weighted by atomic mass is 31.2. The second kappa shape index (κ2) is 40.8. The van der Waals surface area contributed by atoms with E-state index < -0.39 is 38.4 Å². The van der Waals surface area contributed by atoms with E-state index in [1.165, 1.54) is 77.0 Å². The molecule has 0 heterocycles. The minimum atomic E-state index is -4.84. The van der Waals surface area contributed by atoms with E-state index in [0.29, 0.717) is 19.4 Å². The minimum absolute atomic E-state index is 0.0972. The van der Waals surface area contributed by atoms with Gasteiger partial charge in [0.15, 0.2) is 11.9 Å². The average Bonchev–Trinajstić information content (AvgIpc) is 3.12. The fourth-order valence-electron chi connectivity index (χ4n) is 5.67. The van der Waals surface area contributed by atoms with Crippen molar-refractivity contribution in [3.8, 4) is 0 Å². The minimum Gasteiger partial charge on any atom is -0.451 e. The Hall–Kier alpha value is -1.39. The van der Waals surface area contributed by atoms with Gasteiger partial charge < -0.3 is 30.5 Å². The van der Waals surface area contributed by atoms with Crippen molar-refractivity contribution >= 4 is 19.6 Å². The van der Waals surface area contributed by atoms with Gasteiger partial charge in [0.1, 0.15) is 6.10 Å². The summed E-state index contributed by atoms with van der Waals surface area (Å²) in [6.45, 7) is 4.15. The monoisotopic (exact) mass is 762 g/mol. The molecule has 0 aliphatic rings. The number of unbranched alkanes of at least 4 members (excludes halogenated alkanes) is 22. The van der Waals surface area contributed by atoms with Crippen LogP contribution >= 0.6 is 7.82 Å². The van der Waals surface area contributed by atoms with Gasteiger partial charge in [0.2, 0.25) is 0 Å². The number of allylic oxidation sites excluding steroid dienone is 4. The molecule has 52 heavy (non-hydrogen) atoms. The number of carbonyl (C=O) groups is 2. The normalized spacial score (nSPS) is 13.0. The first-order chi connectivity index (χ1) is 25.1. The predicted molar refractivity (Wildman–Crippen MR) is 214 cm³/mol. The van der Waals surface area contributed by atoms with E-state index in [-0.39, 0.29) is 19.4 Å². The summed E-state index contributed by atoms with van der Waals surface area (Å²) in [7, 11) is -4.84. The summed E-state index contributed by atoms with van der Waals surface area (Å²) in [6.07, 6.45) is 35.8. The van der Waals surface area contributed by atoms with E-state index in [1.54, 1.807) is 0 Å². The van der Waals surface area contributed by atoms with Crippen molar-refractivity contribution in [3.05, 3.63) is 24.3 Å². The van der Waals surface area contributed by atoms with Crippen LogP contribution in [-0.4, -0.2) is 63.7 Å². The Morgan fingerprint density at radius 3 is 1.33 bits per heavy atom. The van der Waals surface area contributed by atoms with Gasteiger partial charge in [-0.1, -0.05) is 141 Å². The van der Waals surface area contributed by atoms with Gasteiger partial charge in [-0.2, -0.15) is 0 Å². The van der Waals surface area contributed by atoms with Gasteiger partial charge in [0, 0.05) is 19.4 Å². The number of esters is 1. The third kappa shape index (κ3) is 41.4. The lowest BCUT2D eigenvalue weighted by atomic mass is 10.0. The summed E-state index contributed by atoms with van der Waals surface area (Å²) in [5.74, 6) is -1.04. The fraction of sp³-hybridized carbons (Fsp3) is 0.854. The van der Waals surface area contributed by atoms with Crippen molar-refractivity contribution in [1.29, 1.82) is 0 Å². The molecule has 0 aromatic carbocycles. The van der Waals surface area contributed by atoms with Crippen molar-refractivity contribution in [1.82, 2.24) is 0 Å². The summed E-state index contributed by atoms with van der Waals surface area (Å²) < 4.78 is 20.8. The van der Waals surface area contributed by atoms with Crippen LogP contribution in [0.2, 0.25) is 0 Å². The van der Waals surface area contributed by atoms with E-state index in [9.17, 15) is 19.3 Å². The van der Waals surface area contributed by atoms with Crippen LogP contribution in [0.3, 0.4) is 0 Å². The number of ketones is 1. The lowest BCUT2D eigenvalue weighted by Crippen LogP contribution is -2.40. The molecule has 0 aromatic heterocycles. The second-order valence-corrected chi connectivity index (χ2v) is 15.2. The maximum atomic E-state index is 12.9. The van der Waals surface area contributed by atoms with Crippen molar-refractivity contribution in [2.75, 3.05) is 19.8 Å². The molecule has 308 valence electrons. The molecule has 0 radical (unpaired) electrons. The van der Waals surface area contributed by atoms with Gasteiger partial charge in [0.25, 0.3) is 0 Å². The van der Waals surface area contributed by atoms with E-state index >= 15 is 0 Å². The molecule has 0 fully saturated rings. The summed E-state index contributed by atoms with van der Waals surface area (Å²) in [5.41, 5.74) is 4.78. The Morgan fingerprint density at radius 2 is 0.962 bits per heavy atom. The zero-order valence-corrected chi connectivity index (χ0v) is 34.1. The molecule has 0 aliphatic heterocycles. The van der Waals surface area contributed by atoms with Gasteiger partial charge in [-0.05, 0) is 64.2 Å². The molecule has 6 N–H and O–H groups in total. The van der Waals surface area contributed by atoms with Crippen LogP contribution in [0.1, 0.15) is 194 Å². The largest absolute Gasteiger partial charge is 0.469 e. The first-order valence-electron chi connectivity index (χ1n) is 20.8.